The quantitative estimate of drug-likeness (QED) is 0.829. The van der Waals surface area contributed by atoms with Crippen LogP contribution in [0.3, 0.4) is 0 Å². The van der Waals surface area contributed by atoms with Crippen LogP contribution in [-0.2, 0) is 11.8 Å². The average Bonchev–Trinajstić information content (AvgIpc) is 2.54. The van der Waals surface area contributed by atoms with Crippen LogP contribution in [-0.4, -0.2) is 21.5 Å². The minimum atomic E-state index is -0.672. The summed E-state index contributed by atoms with van der Waals surface area (Å²) in [6, 6.07) is 0. The molecule has 1 aromatic rings. The van der Waals surface area contributed by atoms with Crippen LogP contribution in [0, 0.1) is 13.8 Å². The van der Waals surface area contributed by atoms with E-state index in [1.54, 1.807) is 4.68 Å². The molecule has 0 aliphatic carbocycles. The van der Waals surface area contributed by atoms with Gasteiger partial charge in [0.25, 0.3) is 0 Å². The number of allylic oxidation sites excluding steroid dienone is 1. The predicted octanol–water partition coefficient (Wildman–Crippen LogP) is 1.76. The van der Waals surface area contributed by atoms with Crippen LogP contribution in [0.4, 0.5) is 0 Å². The molecule has 16 heavy (non-hydrogen) atoms. The number of hydrogen-bond acceptors (Lipinski definition) is 3. The zero-order valence-corrected chi connectivity index (χ0v) is 10.0. The van der Waals surface area contributed by atoms with Crippen LogP contribution in [0.15, 0.2) is 11.8 Å². The number of aryl methyl sites for hydroxylation is 2. The number of aliphatic hydroxyl groups is 1. The Balaban J connectivity index is 2.32. The normalized spacial score (nSPS) is 17.9. The van der Waals surface area contributed by atoms with Crippen LogP contribution in [0.2, 0.25) is 0 Å². The Bertz CT molecular complexity index is 421. The molecule has 0 fully saturated rings. The molecule has 1 atom stereocenters. The van der Waals surface area contributed by atoms with Crippen LogP contribution < -0.4 is 0 Å². The number of aliphatic hydroxyl groups excluding tert-OH is 1. The molecular weight excluding hydrogens is 204 g/mol. The van der Waals surface area contributed by atoms with Crippen LogP contribution in [0.5, 0.6) is 0 Å². The molecule has 0 saturated carbocycles. The third-order valence-corrected chi connectivity index (χ3v) is 3.07. The van der Waals surface area contributed by atoms with Crippen molar-refractivity contribution in [3.63, 3.8) is 0 Å². The summed E-state index contributed by atoms with van der Waals surface area (Å²) in [6.07, 6.45) is 3.31. The van der Waals surface area contributed by atoms with Gasteiger partial charge in [-0.3, -0.25) is 4.68 Å². The maximum atomic E-state index is 10.3. The molecule has 0 spiro atoms. The van der Waals surface area contributed by atoms with Gasteiger partial charge in [0.15, 0.2) is 0 Å². The fourth-order valence-electron chi connectivity index (χ4n) is 2.10. The molecule has 0 aromatic carbocycles. The number of ether oxygens (including phenoxy) is 1. The Morgan fingerprint density at radius 2 is 2.25 bits per heavy atom. The molecule has 1 aliphatic rings. The molecule has 0 amide bonds. The highest BCUT2D eigenvalue weighted by molar-refractivity contribution is 5.31. The standard InChI is InChI=1S/C12H18N2O2/c1-8-11(9(2)14(3)13-8)12(15)10-6-4-5-7-16-10/h6,12,15H,4-5,7H2,1-3H3. The molecule has 1 N–H and O–H groups in total. The van der Waals surface area contributed by atoms with Gasteiger partial charge in [0.1, 0.15) is 11.9 Å². The highest BCUT2D eigenvalue weighted by Crippen LogP contribution is 2.29. The largest absolute Gasteiger partial charge is 0.495 e. The smallest absolute Gasteiger partial charge is 0.139 e. The lowest BCUT2D eigenvalue weighted by Gasteiger charge is -2.20. The number of aromatic nitrogens is 2. The van der Waals surface area contributed by atoms with E-state index in [0.717, 1.165) is 29.8 Å². The lowest BCUT2D eigenvalue weighted by molar-refractivity contribution is 0.0910. The summed E-state index contributed by atoms with van der Waals surface area (Å²) in [5.74, 6) is 0.672. The van der Waals surface area contributed by atoms with Crippen molar-refractivity contribution >= 4 is 0 Å². The number of nitrogens with zero attached hydrogens (tertiary/aromatic N) is 2. The summed E-state index contributed by atoms with van der Waals surface area (Å²) in [7, 11) is 1.88. The molecule has 4 heteroatoms. The molecular formula is C12H18N2O2. The van der Waals surface area contributed by atoms with Gasteiger partial charge in [-0.15, -0.1) is 0 Å². The fourth-order valence-corrected chi connectivity index (χ4v) is 2.10. The van der Waals surface area contributed by atoms with E-state index >= 15 is 0 Å². The van der Waals surface area contributed by atoms with Gasteiger partial charge in [-0.05, 0) is 32.8 Å². The summed E-state index contributed by atoms with van der Waals surface area (Å²) in [5, 5.41) is 14.6. The first-order valence-corrected chi connectivity index (χ1v) is 5.62. The van der Waals surface area contributed by atoms with Crippen molar-refractivity contribution in [3.8, 4) is 0 Å². The fraction of sp³-hybridized carbons (Fsp3) is 0.583. The van der Waals surface area contributed by atoms with Crippen molar-refractivity contribution in [1.82, 2.24) is 9.78 Å². The summed E-state index contributed by atoms with van der Waals surface area (Å²) >= 11 is 0. The second-order valence-electron chi connectivity index (χ2n) is 4.21. The summed E-state index contributed by atoms with van der Waals surface area (Å²) in [5.41, 5.74) is 2.72. The molecule has 88 valence electrons. The van der Waals surface area contributed by atoms with Gasteiger partial charge in [-0.25, -0.2) is 0 Å². The molecule has 0 saturated heterocycles. The Morgan fingerprint density at radius 3 is 2.75 bits per heavy atom. The SMILES string of the molecule is Cc1nn(C)c(C)c1C(O)C1=CCCCO1. The minimum Gasteiger partial charge on any atom is -0.495 e. The number of rotatable bonds is 2. The van der Waals surface area contributed by atoms with E-state index in [9.17, 15) is 5.11 Å². The first-order chi connectivity index (χ1) is 7.61. The highest BCUT2D eigenvalue weighted by Gasteiger charge is 2.23. The average molecular weight is 222 g/mol. The van der Waals surface area contributed by atoms with E-state index in [0.29, 0.717) is 12.4 Å². The zero-order valence-electron chi connectivity index (χ0n) is 10.0. The Labute approximate surface area is 95.5 Å². The maximum Gasteiger partial charge on any atom is 0.139 e. The monoisotopic (exact) mass is 222 g/mol. The summed E-state index contributed by atoms with van der Waals surface area (Å²) in [4.78, 5) is 0. The van der Waals surface area contributed by atoms with Gasteiger partial charge in [-0.2, -0.15) is 5.10 Å². The van der Waals surface area contributed by atoms with Gasteiger partial charge < -0.3 is 9.84 Å². The first kappa shape index (κ1) is 11.2. The molecule has 2 heterocycles. The molecule has 1 aromatic heterocycles. The van der Waals surface area contributed by atoms with Crippen molar-refractivity contribution in [2.75, 3.05) is 6.61 Å². The molecule has 4 nitrogen and oxygen atoms in total. The zero-order chi connectivity index (χ0) is 11.7. The molecule has 1 aliphatic heterocycles. The predicted molar refractivity (Wildman–Crippen MR) is 60.9 cm³/mol. The van der Waals surface area contributed by atoms with Crippen LogP contribution >= 0.6 is 0 Å². The van der Waals surface area contributed by atoms with Gasteiger partial charge >= 0.3 is 0 Å². The Hall–Kier alpha value is -1.29. The van der Waals surface area contributed by atoms with Crippen molar-refractivity contribution < 1.29 is 9.84 Å². The molecule has 0 bridgehead atoms. The maximum absolute atomic E-state index is 10.3. The summed E-state index contributed by atoms with van der Waals surface area (Å²) < 4.78 is 7.28. The molecule has 0 radical (unpaired) electrons. The van der Waals surface area contributed by atoms with Crippen LogP contribution in [0.25, 0.3) is 0 Å². The lowest BCUT2D eigenvalue weighted by atomic mass is 10.0. The number of hydrogen-bond donors (Lipinski definition) is 1. The van der Waals surface area contributed by atoms with Gasteiger partial charge in [0.2, 0.25) is 0 Å². The minimum absolute atomic E-state index is 0.672. The van der Waals surface area contributed by atoms with Crippen LogP contribution in [0.1, 0.15) is 35.9 Å². The third-order valence-electron chi connectivity index (χ3n) is 3.07. The van der Waals surface area contributed by atoms with E-state index in [-0.39, 0.29) is 0 Å². The first-order valence-electron chi connectivity index (χ1n) is 5.62. The molecule has 1 unspecified atom stereocenters. The van der Waals surface area contributed by atoms with Gasteiger partial charge in [0, 0.05) is 18.3 Å². The second kappa shape index (κ2) is 4.29. The molecule has 2 rings (SSSR count). The van der Waals surface area contributed by atoms with E-state index in [2.05, 4.69) is 5.10 Å². The van der Waals surface area contributed by atoms with Gasteiger partial charge in [-0.1, -0.05) is 0 Å². The Kier molecular flexibility index (Phi) is 3.01. The van der Waals surface area contributed by atoms with E-state index < -0.39 is 6.10 Å². The van der Waals surface area contributed by atoms with E-state index in [4.69, 9.17) is 4.74 Å². The lowest BCUT2D eigenvalue weighted by Crippen LogP contribution is -2.11. The third kappa shape index (κ3) is 1.85. The topological polar surface area (TPSA) is 47.3 Å². The van der Waals surface area contributed by atoms with E-state index in [1.807, 2.05) is 27.0 Å². The summed E-state index contributed by atoms with van der Waals surface area (Å²) in [6.45, 7) is 4.57. The second-order valence-corrected chi connectivity index (χ2v) is 4.21. The van der Waals surface area contributed by atoms with Crippen molar-refractivity contribution in [2.24, 2.45) is 7.05 Å². The van der Waals surface area contributed by atoms with Gasteiger partial charge in [0.05, 0.1) is 12.3 Å². The van der Waals surface area contributed by atoms with Crippen molar-refractivity contribution in [2.45, 2.75) is 32.8 Å². The van der Waals surface area contributed by atoms with Crippen molar-refractivity contribution in [3.05, 3.63) is 28.8 Å². The van der Waals surface area contributed by atoms with E-state index in [1.165, 1.54) is 0 Å². The van der Waals surface area contributed by atoms with Crippen molar-refractivity contribution in [1.29, 1.82) is 0 Å². The Morgan fingerprint density at radius 1 is 1.50 bits per heavy atom. The highest BCUT2D eigenvalue weighted by atomic mass is 16.5.